The maximum atomic E-state index is 12.8. The number of benzene rings is 2. The molecule has 0 fully saturated rings. The van der Waals surface area contributed by atoms with Gasteiger partial charge in [0.1, 0.15) is 18.2 Å². The van der Waals surface area contributed by atoms with Crippen molar-refractivity contribution in [3.63, 3.8) is 0 Å². The van der Waals surface area contributed by atoms with Gasteiger partial charge in [0.25, 0.3) is 5.69 Å². The summed E-state index contributed by atoms with van der Waals surface area (Å²) in [6.45, 7) is 5.18. The zero-order chi connectivity index (χ0) is 24.4. The van der Waals surface area contributed by atoms with Crippen molar-refractivity contribution in [2.24, 2.45) is 0 Å². The van der Waals surface area contributed by atoms with Crippen LogP contribution < -0.4 is 5.32 Å². The van der Waals surface area contributed by atoms with E-state index in [1.165, 1.54) is 24.3 Å². The summed E-state index contributed by atoms with van der Waals surface area (Å²) in [6.07, 6.45) is -0.881. The highest BCUT2D eigenvalue weighted by molar-refractivity contribution is 8.13. The number of alkyl carbamates (subject to hydrolysis) is 1. The standard InChI is InChI=1S/C23H26N2O7S/c1-23(2,3)32-22(28)24-19(13-14-20(26)31-15-16-7-5-4-6-8-16)21(27)33-18-11-9-17(10-12-18)25(29)30/h4-12,19H,13-15H2,1-3H3,(H,24,28)/t19-/m0/s1. The normalized spacial score (nSPS) is 11.8. The molecule has 0 saturated heterocycles. The van der Waals surface area contributed by atoms with Gasteiger partial charge in [-0.1, -0.05) is 30.3 Å². The summed E-state index contributed by atoms with van der Waals surface area (Å²) in [5.41, 5.74) is -0.0341. The molecule has 0 unspecified atom stereocenters. The monoisotopic (exact) mass is 474 g/mol. The van der Waals surface area contributed by atoms with E-state index < -0.39 is 33.7 Å². The van der Waals surface area contributed by atoms with Crippen molar-refractivity contribution in [1.29, 1.82) is 0 Å². The van der Waals surface area contributed by atoms with E-state index in [0.29, 0.717) is 4.90 Å². The fourth-order valence-corrected chi connectivity index (χ4v) is 3.42. The summed E-state index contributed by atoms with van der Waals surface area (Å²) < 4.78 is 10.5. The van der Waals surface area contributed by atoms with E-state index in [1.54, 1.807) is 20.8 Å². The summed E-state index contributed by atoms with van der Waals surface area (Å²) in [7, 11) is 0. The Bertz CT molecular complexity index is 973. The summed E-state index contributed by atoms with van der Waals surface area (Å²) in [5.74, 6) is -0.511. The Balaban J connectivity index is 2.00. The molecule has 0 spiro atoms. The highest BCUT2D eigenvalue weighted by Crippen LogP contribution is 2.24. The van der Waals surface area contributed by atoms with Crippen LogP contribution >= 0.6 is 11.8 Å². The van der Waals surface area contributed by atoms with Crippen LogP contribution in [0, 0.1) is 10.1 Å². The number of rotatable bonds is 9. The maximum absolute atomic E-state index is 12.8. The molecule has 33 heavy (non-hydrogen) atoms. The topological polar surface area (TPSA) is 125 Å². The minimum absolute atomic E-state index is 0.00564. The zero-order valence-electron chi connectivity index (χ0n) is 18.6. The third-order valence-electron chi connectivity index (χ3n) is 4.12. The van der Waals surface area contributed by atoms with E-state index in [0.717, 1.165) is 17.3 Å². The molecule has 9 nitrogen and oxygen atoms in total. The Hall–Kier alpha value is -3.40. The first-order valence-electron chi connectivity index (χ1n) is 10.2. The first-order valence-corrected chi connectivity index (χ1v) is 11.0. The van der Waals surface area contributed by atoms with Crippen molar-refractivity contribution < 1.29 is 28.8 Å². The lowest BCUT2D eigenvalue weighted by Crippen LogP contribution is -2.42. The van der Waals surface area contributed by atoms with Crippen molar-refractivity contribution in [2.75, 3.05) is 0 Å². The molecule has 1 N–H and O–H groups in total. The van der Waals surface area contributed by atoms with E-state index in [4.69, 9.17) is 9.47 Å². The first kappa shape index (κ1) is 25.9. The molecular formula is C23H26N2O7S. The number of amides is 1. The third-order valence-corrected chi connectivity index (χ3v) is 5.11. The van der Waals surface area contributed by atoms with Crippen molar-refractivity contribution in [3.05, 3.63) is 70.3 Å². The third kappa shape index (κ3) is 9.73. The Morgan fingerprint density at radius 3 is 2.27 bits per heavy atom. The predicted octanol–water partition coefficient (Wildman–Crippen LogP) is 4.63. The molecule has 176 valence electrons. The number of carbonyl (C=O) groups excluding carboxylic acids is 3. The van der Waals surface area contributed by atoms with Crippen LogP contribution in [0.25, 0.3) is 0 Å². The van der Waals surface area contributed by atoms with E-state index in [-0.39, 0.29) is 25.1 Å². The number of nitrogens with one attached hydrogen (secondary N) is 1. The SMILES string of the molecule is CC(C)(C)OC(=O)N[C@@H](CCC(=O)OCc1ccccc1)C(=O)Sc1ccc([N+](=O)[O-])cc1. The number of nitro benzene ring substituents is 1. The number of nitro groups is 1. The molecule has 1 atom stereocenters. The molecule has 0 aliphatic heterocycles. The molecule has 0 aromatic heterocycles. The Morgan fingerprint density at radius 2 is 1.70 bits per heavy atom. The summed E-state index contributed by atoms with van der Waals surface area (Å²) in [6, 6.07) is 13.6. The summed E-state index contributed by atoms with van der Waals surface area (Å²) in [5, 5.41) is 12.9. The largest absolute Gasteiger partial charge is 0.461 e. The number of carbonyl (C=O) groups is 3. The van der Waals surface area contributed by atoms with Crippen LogP contribution in [0.1, 0.15) is 39.2 Å². The second-order valence-electron chi connectivity index (χ2n) is 8.06. The fourth-order valence-electron chi connectivity index (χ4n) is 2.59. The molecule has 10 heteroatoms. The van der Waals surface area contributed by atoms with E-state index >= 15 is 0 Å². The molecule has 1 amide bonds. The summed E-state index contributed by atoms with van der Waals surface area (Å²) in [4.78, 5) is 47.9. The lowest BCUT2D eigenvalue weighted by molar-refractivity contribution is -0.384. The summed E-state index contributed by atoms with van der Waals surface area (Å²) >= 11 is 0.810. The molecule has 2 aromatic carbocycles. The van der Waals surface area contributed by atoms with Gasteiger partial charge in [-0.25, -0.2) is 4.79 Å². The number of non-ortho nitro benzene ring substituents is 1. The van der Waals surface area contributed by atoms with E-state index in [1.807, 2.05) is 30.3 Å². The van der Waals surface area contributed by atoms with Crippen LogP contribution in [0.2, 0.25) is 0 Å². The molecule has 0 bridgehead atoms. The number of nitrogens with zero attached hydrogens (tertiary/aromatic N) is 1. The maximum Gasteiger partial charge on any atom is 0.408 e. The molecule has 0 aliphatic rings. The molecular weight excluding hydrogens is 448 g/mol. The Labute approximate surface area is 196 Å². The van der Waals surface area contributed by atoms with Crippen LogP contribution in [0.15, 0.2) is 59.5 Å². The van der Waals surface area contributed by atoms with Gasteiger partial charge in [-0.3, -0.25) is 19.7 Å². The number of esters is 1. The van der Waals surface area contributed by atoms with Gasteiger partial charge in [-0.05, 0) is 56.7 Å². The predicted molar refractivity (Wildman–Crippen MR) is 123 cm³/mol. The first-order chi connectivity index (χ1) is 15.5. The average Bonchev–Trinajstić information content (AvgIpc) is 2.75. The van der Waals surface area contributed by atoms with Crippen molar-refractivity contribution in [1.82, 2.24) is 5.32 Å². The molecule has 2 aromatic rings. The van der Waals surface area contributed by atoms with Gasteiger partial charge in [0, 0.05) is 23.4 Å². The van der Waals surface area contributed by atoms with Crippen LogP contribution in [0.3, 0.4) is 0 Å². The Morgan fingerprint density at radius 1 is 1.06 bits per heavy atom. The number of thioether (sulfide) groups is 1. The highest BCUT2D eigenvalue weighted by Gasteiger charge is 2.26. The van der Waals surface area contributed by atoms with Crippen LogP contribution in [0.4, 0.5) is 10.5 Å². The quantitative estimate of drug-likeness (QED) is 0.241. The van der Waals surface area contributed by atoms with Gasteiger partial charge in [0.05, 0.1) is 4.92 Å². The average molecular weight is 475 g/mol. The lowest BCUT2D eigenvalue weighted by Gasteiger charge is -2.23. The van der Waals surface area contributed by atoms with Crippen LogP contribution in [-0.2, 0) is 25.7 Å². The Kier molecular flexibility index (Phi) is 9.41. The smallest absolute Gasteiger partial charge is 0.408 e. The molecule has 0 saturated carbocycles. The second kappa shape index (κ2) is 12.0. The van der Waals surface area contributed by atoms with Crippen molar-refractivity contribution in [2.45, 2.75) is 56.8 Å². The highest BCUT2D eigenvalue weighted by atomic mass is 32.2. The lowest BCUT2D eigenvalue weighted by atomic mass is 10.1. The van der Waals surface area contributed by atoms with Crippen molar-refractivity contribution >= 4 is 34.6 Å². The van der Waals surface area contributed by atoms with Crippen molar-refractivity contribution in [3.8, 4) is 0 Å². The van der Waals surface area contributed by atoms with Gasteiger partial charge in [0.2, 0.25) is 5.12 Å². The molecule has 0 radical (unpaired) electrons. The molecule has 2 rings (SSSR count). The van der Waals surface area contributed by atoms with E-state index in [9.17, 15) is 24.5 Å². The molecule has 0 heterocycles. The number of ether oxygens (including phenoxy) is 2. The fraction of sp³-hybridized carbons (Fsp3) is 0.348. The van der Waals surface area contributed by atoms with Gasteiger partial charge in [-0.2, -0.15) is 0 Å². The number of hydrogen-bond donors (Lipinski definition) is 1. The zero-order valence-corrected chi connectivity index (χ0v) is 19.4. The van der Waals surface area contributed by atoms with Crippen LogP contribution in [0.5, 0.6) is 0 Å². The van der Waals surface area contributed by atoms with E-state index in [2.05, 4.69) is 5.32 Å². The van der Waals surface area contributed by atoms with Crippen LogP contribution in [-0.4, -0.2) is 33.7 Å². The minimum atomic E-state index is -1.02. The van der Waals surface area contributed by atoms with Gasteiger partial charge < -0.3 is 14.8 Å². The van der Waals surface area contributed by atoms with Gasteiger partial charge in [0.15, 0.2) is 0 Å². The second-order valence-corrected chi connectivity index (χ2v) is 9.13. The van der Waals surface area contributed by atoms with Gasteiger partial charge >= 0.3 is 12.1 Å². The van der Waals surface area contributed by atoms with Gasteiger partial charge in [-0.15, -0.1) is 0 Å². The molecule has 0 aliphatic carbocycles. The minimum Gasteiger partial charge on any atom is -0.461 e. The number of hydrogen-bond acceptors (Lipinski definition) is 8.